The number of fused-ring (bicyclic) bond motifs is 2. The van der Waals surface area contributed by atoms with Crippen molar-refractivity contribution >= 4 is 34.8 Å². The van der Waals surface area contributed by atoms with Crippen LogP contribution in [0.1, 0.15) is 17.7 Å². The van der Waals surface area contributed by atoms with Crippen LogP contribution in [0.4, 0.5) is 5.82 Å². The fourth-order valence-corrected chi connectivity index (χ4v) is 2.38. The van der Waals surface area contributed by atoms with Crippen molar-refractivity contribution in [1.29, 1.82) is 0 Å². The summed E-state index contributed by atoms with van der Waals surface area (Å²) in [6.45, 7) is 0.549. The van der Waals surface area contributed by atoms with Crippen molar-refractivity contribution in [3.63, 3.8) is 0 Å². The lowest BCUT2D eigenvalue weighted by atomic mass is 10.2. The molecule has 1 aliphatic carbocycles. The van der Waals surface area contributed by atoms with Crippen molar-refractivity contribution in [2.45, 2.75) is 19.3 Å². The summed E-state index contributed by atoms with van der Waals surface area (Å²) in [5.41, 5.74) is 2.33. The molecule has 0 atom stereocenters. The first-order valence-electron chi connectivity index (χ1n) is 5.72. The average molecular weight is 284 g/mol. The van der Waals surface area contributed by atoms with Gasteiger partial charge >= 0.3 is 0 Å². The van der Waals surface area contributed by atoms with Crippen LogP contribution in [0.2, 0.25) is 0 Å². The van der Waals surface area contributed by atoms with E-state index in [1.807, 2.05) is 0 Å². The van der Waals surface area contributed by atoms with Gasteiger partial charge < -0.3 is 5.32 Å². The van der Waals surface area contributed by atoms with Gasteiger partial charge in [-0.2, -0.15) is 14.6 Å². The van der Waals surface area contributed by atoms with E-state index in [1.54, 1.807) is 10.6 Å². The maximum absolute atomic E-state index is 5.60. The van der Waals surface area contributed by atoms with Crippen molar-refractivity contribution in [3.05, 3.63) is 28.2 Å². The predicted molar refractivity (Wildman–Crippen MR) is 71.1 cm³/mol. The van der Waals surface area contributed by atoms with Crippen LogP contribution < -0.4 is 5.32 Å². The second-order valence-electron chi connectivity index (χ2n) is 4.09. The van der Waals surface area contributed by atoms with Crippen LogP contribution in [0.15, 0.2) is 16.9 Å². The molecule has 0 saturated heterocycles. The number of halogens is 2. The molecule has 1 N–H and O–H groups in total. The van der Waals surface area contributed by atoms with Crippen LogP contribution in [0.25, 0.3) is 5.78 Å². The highest BCUT2D eigenvalue weighted by atomic mass is 35.5. The third-order valence-electron chi connectivity index (χ3n) is 2.98. The minimum Gasteiger partial charge on any atom is -0.366 e. The van der Waals surface area contributed by atoms with E-state index in [9.17, 15) is 0 Å². The van der Waals surface area contributed by atoms with E-state index in [1.165, 1.54) is 11.9 Å². The van der Waals surface area contributed by atoms with Gasteiger partial charge in [-0.3, -0.25) is 0 Å². The molecule has 2 aromatic heterocycles. The Kier molecular flexibility index (Phi) is 3.09. The highest BCUT2D eigenvalue weighted by Crippen LogP contribution is 2.27. The van der Waals surface area contributed by atoms with Crippen LogP contribution >= 0.6 is 23.2 Å². The van der Waals surface area contributed by atoms with Crippen LogP contribution in [0.3, 0.4) is 0 Å². The van der Waals surface area contributed by atoms with Gasteiger partial charge in [0.05, 0.1) is 5.69 Å². The van der Waals surface area contributed by atoms with E-state index in [4.69, 9.17) is 23.2 Å². The summed E-state index contributed by atoms with van der Waals surface area (Å²) in [5, 5.41) is 7.47. The fourth-order valence-electron chi connectivity index (χ4n) is 2.23. The third kappa shape index (κ3) is 2.04. The van der Waals surface area contributed by atoms with E-state index >= 15 is 0 Å². The standard InChI is InChI=1S/C11H11Cl2N5/c12-9(13)4-5-14-10-7-2-1-3-8(7)17-11-15-6-16-18(10)11/h4,6,14H,1-3,5H2. The number of hydrogen-bond donors (Lipinski definition) is 1. The molecule has 18 heavy (non-hydrogen) atoms. The molecule has 1 aliphatic rings. The van der Waals surface area contributed by atoms with Crippen LogP contribution in [-0.2, 0) is 12.8 Å². The lowest BCUT2D eigenvalue weighted by molar-refractivity contribution is 0.900. The van der Waals surface area contributed by atoms with Crippen molar-refractivity contribution < 1.29 is 0 Å². The van der Waals surface area contributed by atoms with E-state index in [0.717, 1.165) is 30.8 Å². The molecule has 7 heteroatoms. The zero-order chi connectivity index (χ0) is 12.5. The van der Waals surface area contributed by atoms with Gasteiger partial charge in [0, 0.05) is 12.1 Å². The molecule has 2 heterocycles. The summed E-state index contributed by atoms with van der Waals surface area (Å²) in [6.07, 6.45) is 6.34. The molecule has 3 rings (SSSR count). The van der Waals surface area contributed by atoms with E-state index in [0.29, 0.717) is 12.3 Å². The highest BCUT2D eigenvalue weighted by Gasteiger charge is 2.20. The van der Waals surface area contributed by atoms with E-state index in [2.05, 4.69) is 20.4 Å². The minimum absolute atomic E-state index is 0.253. The topological polar surface area (TPSA) is 55.1 Å². The first-order chi connectivity index (χ1) is 8.75. The summed E-state index contributed by atoms with van der Waals surface area (Å²) < 4.78 is 1.98. The van der Waals surface area contributed by atoms with Gasteiger partial charge in [-0.05, 0) is 25.3 Å². The maximum Gasteiger partial charge on any atom is 0.254 e. The normalized spacial score (nSPS) is 13.7. The first kappa shape index (κ1) is 11.7. The van der Waals surface area contributed by atoms with Crippen molar-refractivity contribution in [3.8, 4) is 0 Å². The van der Waals surface area contributed by atoms with Crippen LogP contribution in [0, 0.1) is 0 Å². The Morgan fingerprint density at radius 3 is 3.17 bits per heavy atom. The number of anilines is 1. The second kappa shape index (κ2) is 4.74. The number of rotatable bonds is 3. The van der Waals surface area contributed by atoms with Crippen molar-refractivity contribution in [2.75, 3.05) is 11.9 Å². The highest BCUT2D eigenvalue weighted by molar-refractivity contribution is 6.55. The van der Waals surface area contributed by atoms with E-state index < -0.39 is 0 Å². The van der Waals surface area contributed by atoms with Crippen LogP contribution in [0.5, 0.6) is 0 Å². The molecule has 0 spiro atoms. The van der Waals surface area contributed by atoms with Gasteiger partial charge in [-0.25, -0.2) is 4.98 Å². The Morgan fingerprint density at radius 2 is 2.33 bits per heavy atom. The van der Waals surface area contributed by atoms with Gasteiger partial charge in [-0.1, -0.05) is 23.2 Å². The van der Waals surface area contributed by atoms with Crippen molar-refractivity contribution in [1.82, 2.24) is 19.6 Å². The molecule has 0 saturated carbocycles. The van der Waals surface area contributed by atoms with Gasteiger partial charge in [0.25, 0.3) is 5.78 Å². The molecule has 0 aliphatic heterocycles. The van der Waals surface area contributed by atoms with Crippen molar-refractivity contribution in [2.24, 2.45) is 0 Å². The summed E-state index contributed by atoms with van der Waals surface area (Å²) in [7, 11) is 0. The quantitative estimate of drug-likeness (QED) is 0.940. The Hall–Kier alpha value is -1.33. The fraction of sp³-hybridized carbons (Fsp3) is 0.364. The molecule has 5 nitrogen and oxygen atoms in total. The lowest BCUT2D eigenvalue weighted by Crippen LogP contribution is -2.10. The number of aromatic nitrogens is 4. The Bertz CT molecular complexity index is 615. The zero-order valence-corrected chi connectivity index (χ0v) is 11.0. The minimum atomic E-state index is 0.253. The van der Waals surface area contributed by atoms with E-state index in [-0.39, 0.29) is 4.49 Å². The smallest absolute Gasteiger partial charge is 0.254 e. The molecule has 94 valence electrons. The maximum atomic E-state index is 5.60. The molecule has 0 unspecified atom stereocenters. The number of hydrogen-bond acceptors (Lipinski definition) is 4. The second-order valence-corrected chi connectivity index (χ2v) is 5.09. The number of aryl methyl sites for hydroxylation is 1. The molecule has 0 fully saturated rings. The Labute approximate surface area is 114 Å². The summed E-state index contributed by atoms with van der Waals surface area (Å²) in [6, 6.07) is 0. The van der Waals surface area contributed by atoms with Gasteiger partial charge in [0.15, 0.2) is 0 Å². The number of nitrogens with one attached hydrogen (secondary N) is 1. The molecular weight excluding hydrogens is 273 g/mol. The molecular formula is C11H11Cl2N5. The summed E-state index contributed by atoms with van der Waals surface area (Å²) in [5.74, 6) is 1.56. The summed E-state index contributed by atoms with van der Waals surface area (Å²) >= 11 is 11.2. The monoisotopic (exact) mass is 283 g/mol. The first-order valence-corrected chi connectivity index (χ1v) is 6.48. The Morgan fingerprint density at radius 1 is 1.44 bits per heavy atom. The molecule has 0 amide bonds. The molecule has 0 bridgehead atoms. The molecule has 0 radical (unpaired) electrons. The largest absolute Gasteiger partial charge is 0.366 e. The van der Waals surface area contributed by atoms with Gasteiger partial charge in [0.1, 0.15) is 16.6 Å². The zero-order valence-electron chi connectivity index (χ0n) is 9.53. The van der Waals surface area contributed by atoms with Gasteiger partial charge in [-0.15, -0.1) is 0 Å². The van der Waals surface area contributed by atoms with Gasteiger partial charge in [0.2, 0.25) is 0 Å². The molecule has 0 aromatic carbocycles. The van der Waals surface area contributed by atoms with Crippen LogP contribution in [-0.4, -0.2) is 26.1 Å². The Balaban J connectivity index is 2.02. The SMILES string of the molecule is ClC(Cl)=CCNc1c2c(nc3ncnn13)CCC2. The lowest BCUT2D eigenvalue weighted by Gasteiger charge is -2.10. The summed E-state index contributed by atoms with van der Waals surface area (Å²) in [4.78, 5) is 8.63. The number of nitrogens with zero attached hydrogens (tertiary/aromatic N) is 4. The third-order valence-corrected chi connectivity index (χ3v) is 3.29. The molecule has 2 aromatic rings. The predicted octanol–water partition coefficient (Wildman–Crippen LogP) is 2.34. The average Bonchev–Trinajstić information content (AvgIpc) is 2.95.